The van der Waals surface area contributed by atoms with E-state index in [0.717, 1.165) is 47.5 Å². The average Bonchev–Trinajstić information content (AvgIpc) is 2.88. The van der Waals surface area contributed by atoms with Gasteiger partial charge in [0.1, 0.15) is 11.5 Å². The number of rotatable bonds is 11. The van der Waals surface area contributed by atoms with Gasteiger partial charge in [-0.25, -0.2) is 0 Å². The standard InChI is InChI=1S/C30H34N2O3/c1-22-19-20-31-21-26(22)8-5-7-23(2)32-30(33)10-6-9-29(24-11-15-27(34-3)16-12-24)25-13-17-28(35-4)18-14-25/h6,9-21,23H,5,7-8H2,1-4H3,(H,32,33)/b10-6+. The van der Waals surface area contributed by atoms with Crippen molar-refractivity contribution in [2.24, 2.45) is 0 Å². The van der Waals surface area contributed by atoms with E-state index in [0.29, 0.717) is 0 Å². The molecule has 0 aliphatic rings. The second kappa shape index (κ2) is 13.1. The molecular weight excluding hydrogens is 436 g/mol. The van der Waals surface area contributed by atoms with Crippen LogP contribution in [0.25, 0.3) is 5.57 Å². The Hall–Kier alpha value is -3.86. The fourth-order valence-electron chi connectivity index (χ4n) is 3.85. The number of carbonyl (C=O) groups is 1. The zero-order chi connectivity index (χ0) is 25.0. The van der Waals surface area contributed by atoms with E-state index in [4.69, 9.17) is 9.47 Å². The van der Waals surface area contributed by atoms with Crippen molar-refractivity contribution in [1.29, 1.82) is 0 Å². The number of benzene rings is 2. The second-order valence-corrected chi connectivity index (χ2v) is 8.50. The summed E-state index contributed by atoms with van der Waals surface area (Å²) in [6, 6.07) is 17.9. The van der Waals surface area contributed by atoms with Gasteiger partial charge in [-0.1, -0.05) is 36.4 Å². The summed E-state index contributed by atoms with van der Waals surface area (Å²) in [5, 5.41) is 3.06. The van der Waals surface area contributed by atoms with Crippen LogP contribution in [-0.4, -0.2) is 31.2 Å². The fourth-order valence-corrected chi connectivity index (χ4v) is 3.85. The van der Waals surface area contributed by atoms with E-state index in [1.165, 1.54) is 11.1 Å². The van der Waals surface area contributed by atoms with E-state index < -0.39 is 0 Å². The molecular formula is C30H34N2O3. The number of hydrogen-bond donors (Lipinski definition) is 1. The lowest BCUT2D eigenvalue weighted by atomic mass is 9.97. The molecule has 182 valence electrons. The summed E-state index contributed by atoms with van der Waals surface area (Å²) in [5.41, 5.74) is 5.58. The number of aryl methyl sites for hydroxylation is 2. The molecule has 3 rings (SSSR count). The molecule has 1 N–H and O–H groups in total. The number of ether oxygens (including phenoxy) is 2. The summed E-state index contributed by atoms with van der Waals surface area (Å²) < 4.78 is 10.6. The maximum Gasteiger partial charge on any atom is 0.244 e. The molecule has 0 aliphatic carbocycles. The smallest absolute Gasteiger partial charge is 0.244 e. The van der Waals surface area contributed by atoms with Crippen molar-refractivity contribution in [3.8, 4) is 11.5 Å². The maximum atomic E-state index is 12.5. The molecule has 35 heavy (non-hydrogen) atoms. The highest BCUT2D eigenvalue weighted by Gasteiger charge is 2.08. The summed E-state index contributed by atoms with van der Waals surface area (Å²) in [6.45, 7) is 4.14. The predicted molar refractivity (Wildman–Crippen MR) is 142 cm³/mol. The monoisotopic (exact) mass is 470 g/mol. The molecule has 1 amide bonds. The van der Waals surface area contributed by atoms with Crippen LogP contribution < -0.4 is 14.8 Å². The number of methoxy groups -OCH3 is 2. The van der Waals surface area contributed by atoms with Crippen LogP contribution in [0.2, 0.25) is 0 Å². The fraction of sp³-hybridized carbons (Fsp3) is 0.267. The van der Waals surface area contributed by atoms with Crippen LogP contribution in [0.1, 0.15) is 42.0 Å². The van der Waals surface area contributed by atoms with Crippen LogP contribution in [0.3, 0.4) is 0 Å². The lowest BCUT2D eigenvalue weighted by Gasteiger charge is -2.13. The second-order valence-electron chi connectivity index (χ2n) is 8.50. The zero-order valence-corrected chi connectivity index (χ0v) is 21.0. The number of allylic oxidation sites excluding steroid dienone is 2. The van der Waals surface area contributed by atoms with Crippen molar-refractivity contribution < 1.29 is 14.3 Å². The molecule has 0 fully saturated rings. The van der Waals surface area contributed by atoms with Crippen LogP contribution in [0.15, 0.2) is 85.2 Å². The van der Waals surface area contributed by atoms with E-state index in [1.54, 1.807) is 26.4 Å². The van der Waals surface area contributed by atoms with Crippen LogP contribution in [0.4, 0.5) is 0 Å². The van der Waals surface area contributed by atoms with Gasteiger partial charge in [0.05, 0.1) is 14.2 Å². The van der Waals surface area contributed by atoms with Gasteiger partial charge in [0.15, 0.2) is 0 Å². The zero-order valence-electron chi connectivity index (χ0n) is 21.0. The van der Waals surface area contributed by atoms with Crippen molar-refractivity contribution in [3.63, 3.8) is 0 Å². The van der Waals surface area contributed by atoms with Crippen LogP contribution in [0.5, 0.6) is 11.5 Å². The number of carbonyl (C=O) groups excluding carboxylic acids is 1. The summed E-state index contributed by atoms with van der Waals surface area (Å²) in [6.07, 6.45) is 11.9. The minimum absolute atomic E-state index is 0.0933. The van der Waals surface area contributed by atoms with Crippen molar-refractivity contribution in [3.05, 3.63) is 107 Å². The Morgan fingerprint density at radius 2 is 1.57 bits per heavy atom. The van der Waals surface area contributed by atoms with Crippen molar-refractivity contribution in [1.82, 2.24) is 10.3 Å². The SMILES string of the molecule is COc1ccc(C(=C/C=C/C(=O)NC(C)CCCc2cnccc2C)c2ccc(OC)cc2)cc1. The highest BCUT2D eigenvalue weighted by atomic mass is 16.5. The summed E-state index contributed by atoms with van der Waals surface area (Å²) >= 11 is 0. The molecule has 5 heteroatoms. The third kappa shape index (κ3) is 7.85. The minimum atomic E-state index is -0.102. The number of hydrogen-bond acceptors (Lipinski definition) is 4. The quantitative estimate of drug-likeness (QED) is 0.279. The highest BCUT2D eigenvalue weighted by Crippen LogP contribution is 2.27. The van der Waals surface area contributed by atoms with E-state index in [-0.39, 0.29) is 11.9 Å². The van der Waals surface area contributed by atoms with E-state index >= 15 is 0 Å². The van der Waals surface area contributed by atoms with Crippen LogP contribution in [-0.2, 0) is 11.2 Å². The molecule has 0 aliphatic heterocycles. The first-order valence-electron chi connectivity index (χ1n) is 11.9. The molecule has 1 heterocycles. The third-order valence-corrected chi connectivity index (χ3v) is 5.93. The molecule has 3 aromatic rings. The Morgan fingerprint density at radius 3 is 2.11 bits per heavy atom. The molecule has 0 saturated carbocycles. The van der Waals surface area contributed by atoms with E-state index in [2.05, 4.69) is 17.2 Å². The van der Waals surface area contributed by atoms with Gasteiger partial charge in [0.25, 0.3) is 0 Å². The Labute approximate surface area is 208 Å². The van der Waals surface area contributed by atoms with Crippen molar-refractivity contribution in [2.45, 2.75) is 39.2 Å². The molecule has 1 unspecified atom stereocenters. The first-order chi connectivity index (χ1) is 17.0. The van der Waals surface area contributed by atoms with Gasteiger partial charge in [-0.3, -0.25) is 9.78 Å². The lowest BCUT2D eigenvalue weighted by molar-refractivity contribution is -0.117. The van der Waals surface area contributed by atoms with Crippen LogP contribution in [0, 0.1) is 6.92 Å². The van der Waals surface area contributed by atoms with Gasteiger partial charge in [0, 0.05) is 24.5 Å². The van der Waals surface area contributed by atoms with Gasteiger partial charge in [0.2, 0.25) is 5.91 Å². The molecule has 1 aromatic heterocycles. The molecule has 1 atom stereocenters. The van der Waals surface area contributed by atoms with Crippen LogP contribution >= 0.6 is 0 Å². The number of amides is 1. The first kappa shape index (κ1) is 25.8. The van der Waals surface area contributed by atoms with Gasteiger partial charge >= 0.3 is 0 Å². The maximum absolute atomic E-state index is 12.5. The molecule has 5 nitrogen and oxygen atoms in total. The number of nitrogens with one attached hydrogen (secondary N) is 1. The lowest BCUT2D eigenvalue weighted by Crippen LogP contribution is -2.31. The predicted octanol–water partition coefficient (Wildman–Crippen LogP) is 5.92. The summed E-state index contributed by atoms with van der Waals surface area (Å²) in [7, 11) is 3.30. The normalized spacial score (nSPS) is 11.7. The Morgan fingerprint density at radius 1 is 0.971 bits per heavy atom. The number of pyridine rings is 1. The third-order valence-electron chi connectivity index (χ3n) is 5.93. The number of aromatic nitrogens is 1. The average molecular weight is 471 g/mol. The van der Waals surface area contributed by atoms with Crippen molar-refractivity contribution >= 4 is 11.5 Å². The Bertz CT molecular complexity index is 1100. The molecule has 2 aromatic carbocycles. The minimum Gasteiger partial charge on any atom is -0.497 e. The molecule has 0 spiro atoms. The van der Waals surface area contributed by atoms with Crippen molar-refractivity contribution in [2.75, 3.05) is 14.2 Å². The van der Waals surface area contributed by atoms with E-state index in [1.807, 2.05) is 80.0 Å². The Balaban J connectivity index is 1.63. The largest absolute Gasteiger partial charge is 0.497 e. The van der Waals surface area contributed by atoms with Gasteiger partial charge in [-0.05, 0) is 91.3 Å². The first-order valence-corrected chi connectivity index (χ1v) is 11.9. The highest BCUT2D eigenvalue weighted by molar-refractivity contribution is 5.89. The topological polar surface area (TPSA) is 60.5 Å². The van der Waals surface area contributed by atoms with Gasteiger partial charge in [-0.15, -0.1) is 0 Å². The summed E-state index contributed by atoms with van der Waals surface area (Å²) in [5.74, 6) is 1.49. The molecule has 0 radical (unpaired) electrons. The van der Waals surface area contributed by atoms with Gasteiger partial charge < -0.3 is 14.8 Å². The van der Waals surface area contributed by atoms with Gasteiger partial charge in [-0.2, -0.15) is 0 Å². The number of nitrogens with zero attached hydrogens (tertiary/aromatic N) is 1. The van der Waals surface area contributed by atoms with E-state index in [9.17, 15) is 4.79 Å². The Kier molecular flexibility index (Phi) is 9.67. The molecule has 0 bridgehead atoms. The summed E-state index contributed by atoms with van der Waals surface area (Å²) in [4.78, 5) is 16.7. The molecule has 0 saturated heterocycles.